The van der Waals surface area contributed by atoms with Crippen LogP contribution >= 0.6 is 23.2 Å². The second-order valence-corrected chi connectivity index (χ2v) is 3.45. The van der Waals surface area contributed by atoms with Crippen LogP contribution in [0.2, 0.25) is 10.0 Å². The number of rotatable bonds is 3. The van der Waals surface area contributed by atoms with Crippen molar-refractivity contribution < 1.29 is 9.53 Å². The Balaban J connectivity index is 2.80. The molecule has 0 fully saturated rings. The Kier molecular flexibility index (Phi) is 4.40. The summed E-state index contributed by atoms with van der Waals surface area (Å²) in [7, 11) is 0. The number of carbonyl (C=O) groups is 1. The Morgan fingerprint density at radius 3 is 2.73 bits per heavy atom. The molecule has 0 spiro atoms. The van der Waals surface area contributed by atoms with Gasteiger partial charge in [0.05, 0.1) is 6.26 Å². The van der Waals surface area contributed by atoms with Gasteiger partial charge in [0.1, 0.15) is 0 Å². The maximum absolute atomic E-state index is 10.9. The molecule has 0 unspecified atom stereocenters. The first-order chi connectivity index (χ1) is 7.13. The molecular formula is C11H8Cl2O2. The van der Waals surface area contributed by atoms with Crippen molar-refractivity contribution in [2.24, 2.45) is 0 Å². The molecule has 4 heteroatoms. The van der Waals surface area contributed by atoms with E-state index in [2.05, 4.69) is 11.3 Å². The lowest BCUT2D eigenvalue weighted by molar-refractivity contribution is -0.132. The summed E-state index contributed by atoms with van der Waals surface area (Å²) in [6, 6.07) is 5.00. The van der Waals surface area contributed by atoms with Crippen LogP contribution in [0.1, 0.15) is 5.56 Å². The van der Waals surface area contributed by atoms with E-state index in [1.807, 2.05) is 0 Å². The fourth-order valence-corrected chi connectivity index (χ4v) is 1.39. The van der Waals surface area contributed by atoms with Crippen molar-refractivity contribution in [3.8, 4) is 0 Å². The van der Waals surface area contributed by atoms with Crippen molar-refractivity contribution in [2.75, 3.05) is 0 Å². The Morgan fingerprint density at radius 1 is 1.40 bits per heavy atom. The summed E-state index contributed by atoms with van der Waals surface area (Å²) in [5, 5.41) is 1.02. The maximum Gasteiger partial charge on any atom is 0.335 e. The highest BCUT2D eigenvalue weighted by atomic mass is 35.5. The third kappa shape index (κ3) is 3.78. The maximum atomic E-state index is 10.9. The van der Waals surface area contributed by atoms with Crippen molar-refractivity contribution >= 4 is 35.2 Å². The molecule has 2 nitrogen and oxygen atoms in total. The highest BCUT2D eigenvalue weighted by molar-refractivity contribution is 6.35. The van der Waals surface area contributed by atoms with E-state index in [1.54, 1.807) is 24.3 Å². The zero-order valence-corrected chi connectivity index (χ0v) is 9.26. The van der Waals surface area contributed by atoms with E-state index in [0.717, 1.165) is 6.26 Å². The zero-order valence-electron chi connectivity index (χ0n) is 7.74. The summed E-state index contributed by atoms with van der Waals surface area (Å²) < 4.78 is 4.50. The molecule has 0 aliphatic heterocycles. The van der Waals surface area contributed by atoms with Crippen LogP contribution in [0.4, 0.5) is 0 Å². The molecule has 0 N–H and O–H groups in total. The standard InChI is InChI=1S/C11H8Cl2O2/c1-2-15-11(14)6-4-8-3-5-9(12)7-10(8)13/h2-7H,1H2/b6-4+. The number of esters is 1. The van der Waals surface area contributed by atoms with E-state index in [0.29, 0.717) is 15.6 Å². The molecule has 1 aromatic rings. The fraction of sp³-hybridized carbons (Fsp3) is 0. The summed E-state index contributed by atoms with van der Waals surface area (Å²) >= 11 is 11.6. The SMILES string of the molecule is C=COC(=O)/C=C/c1ccc(Cl)cc1Cl. The summed E-state index contributed by atoms with van der Waals surface area (Å²) in [5.41, 5.74) is 0.696. The fourth-order valence-electron chi connectivity index (χ4n) is 0.916. The minimum absolute atomic E-state index is 0.477. The number of hydrogen-bond acceptors (Lipinski definition) is 2. The third-order valence-corrected chi connectivity index (χ3v) is 2.12. The number of hydrogen-bond donors (Lipinski definition) is 0. The third-order valence-electron chi connectivity index (χ3n) is 1.56. The smallest absolute Gasteiger partial charge is 0.335 e. The van der Waals surface area contributed by atoms with Gasteiger partial charge in [0.15, 0.2) is 0 Å². The molecule has 0 atom stereocenters. The molecule has 15 heavy (non-hydrogen) atoms. The van der Waals surface area contributed by atoms with Gasteiger partial charge in [-0.25, -0.2) is 4.79 Å². The van der Waals surface area contributed by atoms with E-state index in [-0.39, 0.29) is 0 Å². The molecule has 78 valence electrons. The van der Waals surface area contributed by atoms with Gasteiger partial charge in [-0.05, 0) is 23.8 Å². The van der Waals surface area contributed by atoms with Gasteiger partial charge < -0.3 is 4.74 Å². The highest BCUT2D eigenvalue weighted by Gasteiger charge is 1.98. The Bertz CT molecular complexity index is 411. The predicted molar refractivity (Wildman–Crippen MR) is 61.8 cm³/mol. The molecule has 0 bridgehead atoms. The Hall–Kier alpha value is -1.25. The van der Waals surface area contributed by atoms with Crippen molar-refractivity contribution in [1.82, 2.24) is 0 Å². The number of ether oxygens (including phenoxy) is 1. The average molecular weight is 243 g/mol. The van der Waals surface area contributed by atoms with Crippen LogP contribution in [0.5, 0.6) is 0 Å². The molecule has 0 aromatic heterocycles. The van der Waals surface area contributed by atoms with Gasteiger partial charge in [-0.2, -0.15) is 0 Å². The van der Waals surface area contributed by atoms with Crippen LogP contribution < -0.4 is 0 Å². The van der Waals surface area contributed by atoms with Gasteiger partial charge in [-0.15, -0.1) is 0 Å². The molecule has 0 saturated heterocycles. The normalized spacial score (nSPS) is 10.3. The first-order valence-electron chi connectivity index (χ1n) is 4.08. The Morgan fingerprint density at radius 2 is 2.13 bits per heavy atom. The summed E-state index contributed by atoms with van der Waals surface area (Å²) in [6.07, 6.45) is 3.87. The monoisotopic (exact) mass is 242 g/mol. The summed E-state index contributed by atoms with van der Waals surface area (Å²) in [5.74, 6) is -0.504. The van der Waals surface area contributed by atoms with Crippen LogP contribution in [-0.2, 0) is 9.53 Å². The molecule has 0 radical (unpaired) electrons. The average Bonchev–Trinajstić information content (AvgIpc) is 2.17. The molecule has 0 saturated carbocycles. The van der Waals surface area contributed by atoms with E-state index in [9.17, 15) is 4.79 Å². The number of halogens is 2. The van der Waals surface area contributed by atoms with Crippen LogP contribution in [0.3, 0.4) is 0 Å². The molecule has 0 amide bonds. The van der Waals surface area contributed by atoms with Crippen molar-refractivity contribution in [1.29, 1.82) is 0 Å². The van der Waals surface area contributed by atoms with Crippen molar-refractivity contribution in [3.05, 3.63) is 52.7 Å². The van der Waals surface area contributed by atoms with E-state index < -0.39 is 5.97 Å². The molecule has 1 rings (SSSR count). The van der Waals surface area contributed by atoms with Crippen LogP contribution in [0, 0.1) is 0 Å². The first kappa shape index (κ1) is 11.8. The minimum Gasteiger partial charge on any atom is -0.432 e. The molecule has 1 aromatic carbocycles. The van der Waals surface area contributed by atoms with Crippen LogP contribution in [0.25, 0.3) is 6.08 Å². The molecule has 0 aliphatic rings. The van der Waals surface area contributed by atoms with Gasteiger partial charge in [-0.3, -0.25) is 0 Å². The topological polar surface area (TPSA) is 26.3 Å². The molecular weight excluding hydrogens is 235 g/mol. The second kappa shape index (κ2) is 5.59. The summed E-state index contributed by atoms with van der Waals surface area (Å²) in [6.45, 7) is 3.26. The molecule has 0 aliphatic carbocycles. The van der Waals surface area contributed by atoms with Crippen molar-refractivity contribution in [3.63, 3.8) is 0 Å². The zero-order chi connectivity index (χ0) is 11.3. The van der Waals surface area contributed by atoms with Crippen LogP contribution in [0.15, 0.2) is 37.1 Å². The first-order valence-corrected chi connectivity index (χ1v) is 4.83. The van der Waals surface area contributed by atoms with Gasteiger partial charge in [-0.1, -0.05) is 35.8 Å². The Labute approximate surface area is 97.8 Å². The van der Waals surface area contributed by atoms with Gasteiger partial charge in [0.25, 0.3) is 0 Å². The number of benzene rings is 1. The highest BCUT2D eigenvalue weighted by Crippen LogP contribution is 2.21. The largest absolute Gasteiger partial charge is 0.432 e. The van der Waals surface area contributed by atoms with Gasteiger partial charge in [0, 0.05) is 16.1 Å². The van der Waals surface area contributed by atoms with E-state index >= 15 is 0 Å². The lowest BCUT2D eigenvalue weighted by Crippen LogP contribution is -1.92. The quantitative estimate of drug-likeness (QED) is 0.459. The van der Waals surface area contributed by atoms with E-state index in [4.69, 9.17) is 23.2 Å². The van der Waals surface area contributed by atoms with Gasteiger partial charge in [0.2, 0.25) is 0 Å². The number of carbonyl (C=O) groups excluding carboxylic acids is 1. The van der Waals surface area contributed by atoms with Crippen molar-refractivity contribution in [2.45, 2.75) is 0 Å². The van der Waals surface area contributed by atoms with Crippen LogP contribution in [-0.4, -0.2) is 5.97 Å². The second-order valence-electron chi connectivity index (χ2n) is 2.60. The molecule has 0 heterocycles. The van der Waals surface area contributed by atoms with Gasteiger partial charge >= 0.3 is 5.97 Å². The lowest BCUT2D eigenvalue weighted by Gasteiger charge is -1.98. The summed E-state index contributed by atoms with van der Waals surface area (Å²) in [4.78, 5) is 10.9. The van der Waals surface area contributed by atoms with E-state index in [1.165, 1.54) is 6.08 Å². The predicted octanol–water partition coefficient (Wildman–Crippen LogP) is 3.69. The lowest BCUT2D eigenvalue weighted by atomic mass is 10.2. The minimum atomic E-state index is -0.504.